The third-order valence-corrected chi connectivity index (χ3v) is 3.33. The van der Waals surface area contributed by atoms with Crippen LogP contribution in [0.25, 0.3) is 0 Å². The van der Waals surface area contributed by atoms with Crippen molar-refractivity contribution in [1.82, 2.24) is 14.7 Å². The molecule has 0 spiro atoms. The van der Waals surface area contributed by atoms with Gasteiger partial charge in [-0.1, -0.05) is 23.7 Å². The number of ether oxygens (including phenoxy) is 1. The summed E-state index contributed by atoms with van der Waals surface area (Å²) in [7, 11) is 1.31. The van der Waals surface area contributed by atoms with Gasteiger partial charge in [-0.15, -0.1) is 0 Å². The van der Waals surface area contributed by atoms with Gasteiger partial charge in [0.25, 0.3) is 0 Å². The molecule has 1 heterocycles. The summed E-state index contributed by atoms with van der Waals surface area (Å²) in [5.74, 6) is -0.402. The van der Waals surface area contributed by atoms with Crippen LogP contribution in [0.4, 0.5) is 5.69 Å². The lowest BCUT2D eigenvalue weighted by Gasteiger charge is -2.20. The number of esters is 1. The van der Waals surface area contributed by atoms with Crippen molar-refractivity contribution in [3.8, 4) is 0 Å². The van der Waals surface area contributed by atoms with Crippen LogP contribution >= 0.6 is 11.6 Å². The Morgan fingerprint density at radius 3 is 2.70 bits per heavy atom. The lowest BCUT2D eigenvalue weighted by atomic mass is 10.2. The molecule has 1 aromatic carbocycles. The molecule has 9 heteroatoms. The molecule has 0 saturated carbocycles. The first kappa shape index (κ1) is 16.9. The number of benzene rings is 1. The Bertz CT molecular complexity index is 686. The van der Waals surface area contributed by atoms with Gasteiger partial charge in [-0.3, -0.25) is 24.5 Å². The molecule has 23 heavy (non-hydrogen) atoms. The Kier molecular flexibility index (Phi) is 5.67. The monoisotopic (exact) mass is 338 g/mol. The van der Waals surface area contributed by atoms with E-state index in [1.807, 2.05) is 12.1 Å². The van der Waals surface area contributed by atoms with Crippen LogP contribution in [-0.4, -0.2) is 39.2 Å². The van der Waals surface area contributed by atoms with Crippen molar-refractivity contribution in [3.63, 3.8) is 0 Å². The highest BCUT2D eigenvalue weighted by molar-refractivity contribution is 6.30. The molecule has 0 amide bonds. The molecular formula is C14H15ClN4O4. The molecular weight excluding hydrogens is 324 g/mol. The molecule has 2 aromatic rings. The van der Waals surface area contributed by atoms with Gasteiger partial charge in [-0.25, -0.2) is 0 Å². The van der Waals surface area contributed by atoms with E-state index < -0.39 is 10.9 Å². The highest BCUT2D eigenvalue weighted by Crippen LogP contribution is 2.13. The highest BCUT2D eigenvalue weighted by Gasteiger charge is 2.15. The van der Waals surface area contributed by atoms with E-state index in [0.29, 0.717) is 11.6 Å². The third-order valence-electron chi connectivity index (χ3n) is 3.08. The summed E-state index contributed by atoms with van der Waals surface area (Å²) in [4.78, 5) is 23.5. The standard InChI is InChI=1S/C14H15ClN4O4/c1-23-14(20)9-17(7-11-2-4-12(15)5-3-11)10-18-8-13(6-16-18)19(21)22/h2-6,8H,7,9-10H2,1H3. The molecule has 0 atom stereocenters. The summed E-state index contributed by atoms with van der Waals surface area (Å²) in [5.41, 5.74) is 0.842. The minimum absolute atomic E-state index is 0.0345. The van der Waals surface area contributed by atoms with Gasteiger partial charge in [0, 0.05) is 11.6 Å². The maximum absolute atomic E-state index is 11.5. The zero-order valence-corrected chi connectivity index (χ0v) is 13.1. The predicted octanol–water partition coefficient (Wildman–Crippen LogP) is 2.08. The van der Waals surface area contributed by atoms with Gasteiger partial charge in [0.2, 0.25) is 0 Å². The van der Waals surface area contributed by atoms with E-state index in [4.69, 9.17) is 11.6 Å². The minimum Gasteiger partial charge on any atom is -0.468 e. The Morgan fingerprint density at radius 2 is 2.13 bits per heavy atom. The lowest BCUT2D eigenvalue weighted by Crippen LogP contribution is -2.32. The number of nitrogens with zero attached hydrogens (tertiary/aromatic N) is 4. The summed E-state index contributed by atoms with van der Waals surface area (Å²) < 4.78 is 6.08. The molecule has 0 unspecified atom stereocenters. The number of methoxy groups -OCH3 is 1. The van der Waals surface area contributed by atoms with Crippen molar-refractivity contribution in [1.29, 1.82) is 0 Å². The second-order valence-electron chi connectivity index (χ2n) is 4.83. The van der Waals surface area contributed by atoms with E-state index >= 15 is 0 Å². The molecule has 0 bridgehead atoms. The number of carbonyl (C=O) groups is 1. The first-order valence-electron chi connectivity index (χ1n) is 6.68. The van der Waals surface area contributed by atoms with Gasteiger partial charge >= 0.3 is 11.7 Å². The first-order valence-corrected chi connectivity index (χ1v) is 7.06. The fourth-order valence-electron chi connectivity index (χ4n) is 1.98. The number of halogens is 1. The topological polar surface area (TPSA) is 90.5 Å². The molecule has 0 N–H and O–H groups in total. The van der Waals surface area contributed by atoms with Gasteiger partial charge in [0.05, 0.1) is 25.2 Å². The van der Waals surface area contributed by atoms with Crippen LogP contribution in [0.5, 0.6) is 0 Å². The van der Waals surface area contributed by atoms with Crippen molar-refractivity contribution in [2.24, 2.45) is 0 Å². The van der Waals surface area contributed by atoms with Crippen molar-refractivity contribution in [2.45, 2.75) is 13.2 Å². The van der Waals surface area contributed by atoms with E-state index in [2.05, 4.69) is 9.84 Å². The first-order chi connectivity index (χ1) is 11.0. The molecule has 0 aliphatic rings. The predicted molar refractivity (Wildman–Crippen MR) is 82.8 cm³/mol. The van der Waals surface area contributed by atoms with Gasteiger partial charge in [0.15, 0.2) is 0 Å². The smallest absolute Gasteiger partial charge is 0.319 e. The summed E-state index contributed by atoms with van der Waals surface area (Å²) in [5, 5.41) is 15.2. The maximum atomic E-state index is 11.5. The number of carbonyl (C=O) groups excluding carboxylic acids is 1. The molecule has 1 aromatic heterocycles. The van der Waals surface area contributed by atoms with Gasteiger partial charge in [0.1, 0.15) is 12.4 Å². The minimum atomic E-state index is -0.520. The van der Waals surface area contributed by atoms with Crippen molar-refractivity contribution < 1.29 is 14.5 Å². The SMILES string of the molecule is COC(=O)CN(Cc1ccc(Cl)cc1)Cn1cc([N+](=O)[O-])cn1. The lowest BCUT2D eigenvalue weighted by molar-refractivity contribution is -0.385. The normalized spacial score (nSPS) is 10.7. The van der Waals surface area contributed by atoms with Crippen molar-refractivity contribution >= 4 is 23.3 Å². The Morgan fingerprint density at radius 1 is 1.43 bits per heavy atom. The van der Waals surface area contributed by atoms with Crippen molar-refractivity contribution in [2.75, 3.05) is 13.7 Å². The maximum Gasteiger partial charge on any atom is 0.319 e. The van der Waals surface area contributed by atoms with E-state index in [1.165, 1.54) is 24.2 Å². The molecule has 2 rings (SSSR count). The van der Waals surface area contributed by atoms with Crippen LogP contribution < -0.4 is 0 Å². The largest absolute Gasteiger partial charge is 0.468 e. The second-order valence-corrected chi connectivity index (χ2v) is 5.26. The molecule has 122 valence electrons. The number of aromatic nitrogens is 2. The van der Waals surface area contributed by atoms with E-state index in [1.54, 1.807) is 17.0 Å². The number of rotatable bonds is 7. The summed E-state index contributed by atoms with van der Waals surface area (Å²) in [6.07, 6.45) is 2.48. The van der Waals surface area contributed by atoms with Crippen LogP contribution in [0.2, 0.25) is 5.02 Å². The zero-order chi connectivity index (χ0) is 16.8. The summed E-state index contributed by atoms with van der Waals surface area (Å²) in [6.45, 7) is 0.693. The van der Waals surface area contributed by atoms with Gasteiger partial charge in [-0.05, 0) is 17.7 Å². The van der Waals surface area contributed by atoms with Gasteiger partial charge in [-0.2, -0.15) is 5.10 Å². The van der Waals surface area contributed by atoms with Crippen molar-refractivity contribution in [3.05, 3.63) is 57.4 Å². The van der Waals surface area contributed by atoms with E-state index in [9.17, 15) is 14.9 Å². The zero-order valence-electron chi connectivity index (χ0n) is 12.4. The van der Waals surface area contributed by atoms with E-state index in [-0.39, 0.29) is 18.9 Å². The molecule has 0 fully saturated rings. The number of hydrogen-bond donors (Lipinski definition) is 0. The molecule has 8 nitrogen and oxygen atoms in total. The number of nitro groups is 1. The van der Waals surface area contributed by atoms with Crippen LogP contribution in [-0.2, 0) is 22.7 Å². The molecule has 0 saturated heterocycles. The van der Waals surface area contributed by atoms with Crippen LogP contribution in [0.15, 0.2) is 36.7 Å². The Labute approximate surface area is 137 Å². The fraction of sp³-hybridized carbons (Fsp3) is 0.286. The average Bonchev–Trinajstić information content (AvgIpc) is 2.98. The fourth-order valence-corrected chi connectivity index (χ4v) is 2.11. The van der Waals surface area contributed by atoms with Gasteiger partial charge < -0.3 is 4.74 Å². The van der Waals surface area contributed by atoms with Crippen LogP contribution in [0.3, 0.4) is 0 Å². The van der Waals surface area contributed by atoms with Crippen LogP contribution in [0, 0.1) is 10.1 Å². The van der Waals surface area contributed by atoms with Crippen LogP contribution in [0.1, 0.15) is 5.56 Å². The Balaban J connectivity index is 2.10. The van der Waals surface area contributed by atoms with E-state index in [0.717, 1.165) is 5.56 Å². The Hall–Kier alpha value is -2.45. The summed E-state index contributed by atoms with van der Waals surface area (Å²) >= 11 is 5.85. The quantitative estimate of drug-likeness (QED) is 0.436. The molecule has 0 radical (unpaired) electrons. The third kappa shape index (κ3) is 5.04. The molecule has 0 aliphatic heterocycles. The second kappa shape index (κ2) is 7.70. The average molecular weight is 339 g/mol. The number of hydrogen-bond acceptors (Lipinski definition) is 6. The molecule has 0 aliphatic carbocycles. The highest BCUT2D eigenvalue weighted by atomic mass is 35.5. The summed E-state index contributed by atoms with van der Waals surface area (Å²) in [6, 6.07) is 7.20.